The van der Waals surface area contributed by atoms with Crippen LogP contribution in [0.1, 0.15) is 31.2 Å². The molecule has 0 aliphatic carbocycles. The summed E-state index contributed by atoms with van der Waals surface area (Å²) in [6.45, 7) is 6.86. The maximum absolute atomic E-state index is 13.0. The molecule has 1 unspecified atom stereocenters. The van der Waals surface area contributed by atoms with Crippen molar-refractivity contribution in [1.29, 1.82) is 0 Å². The second-order valence-electron chi connectivity index (χ2n) is 6.54. The first-order valence-electron chi connectivity index (χ1n) is 8.22. The van der Waals surface area contributed by atoms with Crippen molar-refractivity contribution in [1.82, 2.24) is 10.1 Å². The van der Waals surface area contributed by atoms with Crippen LogP contribution in [0.5, 0.6) is 0 Å². The molecule has 6 nitrogen and oxygen atoms in total. The second-order valence-corrected chi connectivity index (χ2v) is 6.54. The smallest absolute Gasteiger partial charge is 0.240 e. The number of aromatic nitrogens is 1. The van der Waals surface area contributed by atoms with Crippen molar-refractivity contribution in [2.45, 2.75) is 26.9 Å². The number of hydrogen-bond acceptors (Lipinski definition) is 5. The van der Waals surface area contributed by atoms with Gasteiger partial charge in [0.15, 0.2) is 0 Å². The number of carbonyl (C=O) groups is 1. The third-order valence-corrected chi connectivity index (χ3v) is 3.57. The molecule has 1 aromatic heterocycles. The van der Waals surface area contributed by atoms with Crippen LogP contribution in [0.4, 0.5) is 10.3 Å². The summed E-state index contributed by atoms with van der Waals surface area (Å²) < 4.78 is 18.0. The molecule has 2 rings (SSSR count). The zero-order chi connectivity index (χ0) is 18.4. The Hall–Kier alpha value is -2.25. The number of nitrogens with zero attached hydrogens (tertiary/aromatic N) is 2. The highest BCUT2D eigenvalue weighted by Gasteiger charge is 2.18. The summed E-state index contributed by atoms with van der Waals surface area (Å²) in [5.41, 5.74) is 1.29. The van der Waals surface area contributed by atoms with Crippen molar-refractivity contribution in [3.05, 3.63) is 47.4 Å². The molecule has 25 heavy (non-hydrogen) atoms. The van der Waals surface area contributed by atoms with Crippen LogP contribution in [-0.4, -0.2) is 40.7 Å². The van der Waals surface area contributed by atoms with Crippen LogP contribution in [0.25, 0.3) is 0 Å². The van der Waals surface area contributed by atoms with Crippen LogP contribution >= 0.6 is 0 Å². The Bertz CT molecular complexity index is 685. The first-order chi connectivity index (χ1) is 11.8. The number of aliphatic hydroxyl groups is 1. The SMILES string of the molecule is Cc1cc(NC(=O)CN(CC(C)C)CC(O)c2ccc(F)cc2)on1. The topological polar surface area (TPSA) is 78.6 Å². The van der Waals surface area contributed by atoms with Gasteiger partial charge in [0.25, 0.3) is 0 Å². The lowest BCUT2D eigenvalue weighted by atomic mass is 10.1. The Labute approximate surface area is 146 Å². The van der Waals surface area contributed by atoms with E-state index in [4.69, 9.17) is 4.52 Å². The average molecular weight is 349 g/mol. The first kappa shape index (κ1) is 19.1. The van der Waals surface area contributed by atoms with E-state index in [1.54, 1.807) is 25.1 Å². The van der Waals surface area contributed by atoms with Crippen LogP contribution in [0.15, 0.2) is 34.9 Å². The lowest BCUT2D eigenvalue weighted by Gasteiger charge is -2.26. The molecule has 0 aliphatic rings. The van der Waals surface area contributed by atoms with Gasteiger partial charge in [-0.25, -0.2) is 4.39 Å². The fourth-order valence-electron chi connectivity index (χ4n) is 2.56. The molecule has 0 radical (unpaired) electrons. The molecule has 1 amide bonds. The van der Waals surface area contributed by atoms with E-state index < -0.39 is 6.10 Å². The number of halogens is 1. The number of carbonyl (C=O) groups excluding carboxylic acids is 1. The van der Waals surface area contributed by atoms with Crippen LogP contribution in [0.2, 0.25) is 0 Å². The monoisotopic (exact) mass is 349 g/mol. The van der Waals surface area contributed by atoms with Crippen LogP contribution < -0.4 is 5.32 Å². The molecule has 2 aromatic rings. The zero-order valence-corrected chi connectivity index (χ0v) is 14.7. The summed E-state index contributed by atoms with van der Waals surface area (Å²) in [6, 6.07) is 7.35. The number of aryl methyl sites for hydroxylation is 1. The first-order valence-corrected chi connectivity index (χ1v) is 8.22. The number of rotatable bonds is 8. The van der Waals surface area contributed by atoms with Crippen LogP contribution in [0.3, 0.4) is 0 Å². The number of aliphatic hydroxyl groups excluding tert-OH is 1. The molecule has 136 valence electrons. The fraction of sp³-hybridized carbons (Fsp3) is 0.444. The Morgan fingerprint density at radius 3 is 2.56 bits per heavy atom. The van der Waals surface area contributed by atoms with Crippen LogP contribution in [-0.2, 0) is 4.79 Å². The summed E-state index contributed by atoms with van der Waals surface area (Å²) in [5, 5.41) is 16.7. The van der Waals surface area contributed by atoms with Gasteiger partial charge in [0.05, 0.1) is 18.3 Å². The Morgan fingerprint density at radius 2 is 2.00 bits per heavy atom. The van der Waals surface area contributed by atoms with Crippen molar-refractivity contribution < 1.29 is 18.8 Å². The van der Waals surface area contributed by atoms with Crippen LogP contribution in [0, 0.1) is 18.7 Å². The molecular formula is C18H24FN3O3. The molecule has 0 aliphatic heterocycles. The summed E-state index contributed by atoms with van der Waals surface area (Å²) in [4.78, 5) is 14.1. The average Bonchev–Trinajstić information content (AvgIpc) is 2.91. The maximum atomic E-state index is 13.0. The third kappa shape index (κ3) is 6.28. The molecule has 2 N–H and O–H groups in total. The van der Waals surface area contributed by atoms with Crippen molar-refractivity contribution in [2.24, 2.45) is 5.92 Å². The summed E-state index contributed by atoms with van der Waals surface area (Å²) in [6.07, 6.45) is -0.806. The van der Waals surface area contributed by atoms with E-state index in [-0.39, 0.29) is 24.8 Å². The number of anilines is 1. The van der Waals surface area contributed by atoms with E-state index in [0.29, 0.717) is 29.6 Å². The van der Waals surface area contributed by atoms with E-state index in [1.165, 1.54) is 12.1 Å². The molecule has 1 heterocycles. The van der Waals surface area contributed by atoms with Gasteiger partial charge in [-0.2, -0.15) is 0 Å². The maximum Gasteiger partial charge on any atom is 0.240 e. The highest BCUT2D eigenvalue weighted by molar-refractivity contribution is 5.90. The van der Waals surface area contributed by atoms with Gasteiger partial charge in [-0.15, -0.1) is 0 Å². The van der Waals surface area contributed by atoms with Gasteiger partial charge in [0.2, 0.25) is 11.8 Å². The van der Waals surface area contributed by atoms with Gasteiger partial charge >= 0.3 is 0 Å². The minimum atomic E-state index is -0.806. The van der Waals surface area contributed by atoms with E-state index >= 15 is 0 Å². The van der Waals surface area contributed by atoms with Gasteiger partial charge in [0, 0.05) is 19.2 Å². The molecule has 0 fully saturated rings. The highest BCUT2D eigenvalue weighted by Crippen LogP contribution is 2.16. The number of benzene rings is 1. The number of amides is 1. The highest BCUT2D eigenvalue weighted by atomic mass is 19.1. The number of hydrogen-bond donors (Lipinski definition) is 2. The molecule has 0 bridgehead atoms. The van der Waals surface area contributed by atoms with Gasteiger partial charge in [-0.3, -0.25) is 15.0 Å². The molecule has 0 spiro atoms. The van der Waals surface area contributed by atoms with Gasteiger partial charge in [0.1, 0.15) is 5.82 Å². The van der Waals surface area contributed by atoms with Crippen molar-refractivity contribution in [2.75, 3.05) is 25.0 Å². The van der Waals surface area contributed by atoms with Crippen molar-refractivity contribution in [3.8, 4) is 0 Å². The fourth-order valence-corrected chi connectivity index (χ4v) is 2.56. The van der Waals surface area contributed by atoms with Crippen molar-refractivity contribution >= 4 is 11.8 Å². The minimum Gasteiger partial charge on any atom is -0.387 e. The molecule has 7 heteroatoms. The summed E-state index contributed by atoms with van der Waals surface area (Å²) in [5.74, 6) is 0.0200. The summed E-state index contributed by atoms with van der Waals surface area (Å²) in [7, 11) is 0. The lowest BCUT2D eigenvalue weighted by Crippen LogP contribution is -2.38. The Kier molecular flexibility index (Phi) is 6.66. The van der Waals surface area contributed by atoms with Crippen molar-refractivity contribution in [3.63, 3.8) is 0 Å². The predicted octanol–water partition coefficient (Wildman–Crippen LogP) is 2.75. The lowest BCUT2D eigenvalue weighted by molar-refractivity contribution is -0.117. The van der Waals surface area contributed by atoms with E-state index in [1.807, 2.05) is 18.7 Å². The zero-order valence-electron chi connectivity index (χ0n) is 14.7. The Morgan fingerprint density at radius 1 is 1.32 bits per heavy atom. The third-order valence-electron chi connectivity index (χ3n) is 3.57. The molecule has 1 atom stereocenters. The van der Waals surface area contributed by atoms with E-state index in [0.717, 1.165) is 0 Å². The minimum absolute atomic E-state index is 0.107. The van der Waals surface area contributed by atoms with Gasteiger partial charge in [-0.1, -0.05) is 31.1 Å². The molecule has 1 aromatic carbocycles. The quantitative estimate of drug-likeness (QED) is 0.766. The standard InChI is InChI=1S/C18H24FN3O3/c1-12(2)9-22(10-16(23)14-4-6-15(19)7-5-14)11-17(24)20-18-8-13(3)21-25-18/h4-8,12,16,23H,9-11H2,1-3H3,(H,20,24). The summed E-state index contributed by atoms with van der Waals surface area (Å²) >= 11 is 0. The normalized spacial score (nSPS) is 12.6. The van der Waals surface area contributed by atoms with Gasteiger partial charge < -0.3 is 9.63 Å². The predicted molar refractivity (Wildman–Crippen MR) is 92.5 cm³/mol. The van der Waals surface area contributed by atoms with E-state index in [2.05, 4.69) is 10.5 Å². The molecule has 0 saturated carbocycles. The number of nitrogens with one attached hydrogen (secondary N) is 1. The Balaban J connectivity index is 1.97. The van der Waals surface area contributed by atoms with Gasteiger partial charge in [-0.05, 0) is 30.5 Å². The molecule has 0 saturated heterocycles. The largest absolute Gasteiger partial charge is 0.387 e. The second kappa shape index (κ2) is 8.73. The molecular weight excluding hydrogens is 325 g/mol. The van der Waals surface area contributed by atoms with E-state index in [9.17, 15) is 14.3 Å².